The van der Waals surface area contributed by atoms with Gasteiger partial charge >= 0.3 is 0 Å². The predicted octanol–water partition coefficient (Wildman–Crippen LogP) is 2.65. The van der Waals surface area contributed by atoms with Gasteiger partial charge in [-0.3, -0.25) is 9.69 Å². The Morgan fingerprint density at radius 2 is 1.71 bits per heavy atom. The zero-order chi connectivity index (χ0) is 16.9. The van der Waals surface area contributed by atoms with Crippen molar-refractivity contribution >= 4 is 16.7 Å². The highest BCUT2D eigenvalue weighted by Crippen LogP contribution is 2.23. The smallest absolute Gasteiger partial charge is 0.234 e. The molecule has 4 nitrogen and oxygen atoms in total. The molecule has 128 valence electrons. The maximum atomic E-state index is 12.4. The molecule has 1 N–H and O–H groups in total. The molecule has 1 atom stereocenters. The first kappa shape index (κ1) is 16.9. The van der Waals surface area contributed by atoms with E-state index in [1.54, 1.807) is 0 Å². The third-order valence-electron chi connectivity index (χ3n) is 4.95. The number of rotatable bonds is 5. The Bertz CT molecular complexity index is 687. The lowest BCUT2D eigenvalue weighted by Crippen LogP contribution is -2.49. The standard InChI is InChI=1S/C20H27N3O/c1-3-22-11-13-23(14-12-22)15-20(24)21-16(2)18-10-6-8-17-7-4-5-9-19(17)18/h4-10,16H,3,11-15H2,1-2H3,(H,21,24). The average molecular weight is 325 g/mol. The molecule has 1 fully saturated rings. The highest BCUT2D eigenvalue weighted by molar-refractivity contribution is 5.87. The molecule has 0 radical (unpaired) electrons. The zero-order valence-electron chi connectivity index (χ0n) is 14.7. The molecule has 1 aliphatic rings. The fourth-order valence-electron chi connectivity index (χ4n) is 3.46. The second kappa shape index (κ2) is 7.77. The van der Waals surface area contributed by atoms with Crippen molar-refractivity contribution in [1.82, 2.24) is 15.1 Å². The van der Waals surface area contributed by atoms with Crippen LogP contribution in [-0.4, -0.2) is 55.0 Å². The maximum Gasteiger partial charge on any atom is 0.234 e. The Morgan fingerprint density at radius 1 is 1.04 bits per heavy atom. The molecule has 1 heterocycles. The summed E-state index contributed by atoms with van der Waals surface area (Å²) in [6.45, 7) is 9.91. The van der Waals surface area contributed by atoms with E-state index in [2.05, 4.69) is 59.3 Å². The van der Waals surface area contributed by atoms with Crippen molar-refractivity contribution in [2.75, 3.05) is 39.3 Å². The summed E-state index contributed by atoms with van der Waals surface area (Å²) in [5.41, 5.74) is 1.18. The van der Waals surface area contributed by atoms with E-state index in [0.717, 1.165) is 32.7 Å². The van der Waals surface area contributed by atoms with E-state index < -0.39 is 0 Å². The van der Waals surface area contributed by atoms with Crippen LogP contribution in [-0.2, 0) is 4.79 Å². The molecule has 0 saturated carbocycles. The van der Waals surface area contributed by atoms with Crippen LogP contribution in [0.2, 0.25) is 0 Å². The third kappa shape index (κ3) is 3.94. The number of nitrogens with zero attached hydrogens (tertiary/aromatic N) is 2. The first-order valence-corrected chi connectivity index (χ1v) is 8.89. The normalized spacial score (nSPS) is 17.8. The lowest BCUT2D eigenvalue weighted by molar-refractivity contribution is -0.123. The van der Waals surface area contributed by atoms with Crippen molar-refractivity contribution in [2.45, 2.75) is 19.9 Å². The maximum absolute atomic E-state index is 12.4. The van der Waals surface area contributed by atoms with Crippen molar-refractivity contribution in [3.05, 3.63) is 48.0 Å². The van der Waals surface area contributed by atoms with E-state index in [-0.39, 0.29) is 11.9 Å². The van der Waals surface area contributed by atoms with E-state index in [4.69, 9.17) is 0 Å². The largest absolute Gasteiger partial charge is 0.348 e. The molecule has 1 saturated heterocycles. The number of hydrogen-bond donors (Lipinski definition) is 1. The monoisotopic (exact) mass is 325 g/mol. The fraction of sp³-hybridized carbons (Fsp3) is 0.450. The lowest BCUT2D eigenvalue weighted by atomic mass is 10.00. The molecule has 0 bridgehead atoms. The molecule has 4 heteroatoms. The Balaban J connectivity index is 1.60. The van der Waals surface area contributed by atoms with Gasteiger partial charge in [0.1, 0.15) is 0 Å². The van der Waals surface area contributed by atoms with Crippen molar-refractivity contribution in [1.29, 1.82) is 0 Å². The molecule has 0 aliphatic carbocycles. The number of nitrogens with one attached hydrogen (secondary N) is 1. The van der Waals surface area contributed by atoms with Crippen LogP contribution in [0.25, 0.3) is 10.8 Å². The number of hydrogen-bond acceptors (Lipinski definition) is 3. The molecule has 0 aromatic heterocycles. The summed E-state index contributed by atoms with van der Waals surface area (Å²) in [6, 6.07) is 14.6. The molecule has 1 unspecified atom stereocenters. The minimum absolute atomic E-state index is 0.0144. The van der Waals surface area contributed by atoms with Crippen molar-refractivity contribution in [2.24, 2.45) is 0 Å². The van der Waals surface area contributed by atoms with Gasteiger partial charge in [-0.2, -0.15) is 0 Å². The highest BCUT2D eigenvalue weighted by Gasteiger charge is 2.19. The molecule has 24 heavy (non-hydrogen) atoms. The van der Waals surface area contributed by atoms with Gasteiger partial charge < -0.3 is 10.2 Å². The van der Waals surface area contributed by atoms with E-state index in [1.807, 2.05) is 12.1 Å². The second-order valence-corrected chi connectivity index (χ2v) is 6.57. The molecule has 2 aromatic carbocycles. The van der Waals surface area contributed by atoms with Crippen LogP contribution in [0.3, 0.4) is 0 Å². The molecule has 3 rings (SSSR count). The Morgan fingerprint density at radius 3 is 2.46 bits per heavy atom. The first-order chi connectivity index (χ1) is 11.7. The van der Waals surface area contributed by atoms with E-state index in [1.165, 1.54) is 16.3 Å². The molecule has 2 aromatic rings. The van der Waals surface area contributed by atoms with E-state index >= 15 is 0 Å². The Kier molecular flexibility index (Phi) is 5.48. The van der Waals surface area contributed by atoms with Crippen LogP contribution in [0, 0.1) is 0 Å². The van der Waals surface area contributed by atoms with Gasteiger partial charge in [-0.1, -0.05) is 49.4 Å². The molecular formula is C20H27N3O. The van der Waals surface area contributed by atoms with Crippen LogP contribution in [0.5, 0.6) is 0 Å². The second-order valence-electron chi connectivity index (χ2n) is 6.57. The van der Waals surface area contributed by atoms with Crippen LogP contribution < -0.4 is 5.32 Å². The van der Waals surface area contributed by atoms with Crippen LogP contribution in [0.1, 0.15) is 25.5 Å². The van der Waals surface area contributed by atoms with Gasteiger partial charge in [0, 0.05) is 26.2 Å². The number of fused-ring (bicyclic) bond motifs is 1. The summed E-state index contributed by atoms with van der Waals surface area (Å²) in [6.07, 6.45) is 0. The van der Waals surface area contributed by atoms with E-state index in [9.17, 15) is 4.79 Å². The van der Waals surface area contributed by atoms with Crippen LogP contribution >= 0.6 is 0 Å². The van der Waals surface area contributed by atoms with Gasteiger partial charge in [0.15, 0.2) is 0 Å². The fourth-order valence-corrected chi connectivity index (χ4v) is 3.46. The number of carbonyl (C=O) groups excluding carboxylic acids is 1. The lowest BCUT2D eigenvalue weighted by Gasteiger charge is -2.33. The van der Waals surface area contributed by atoms with Gasteiger partial charge in [-0.25, -0.2) is 0 Å². The topological polar surface area (TPSA) is 35.6 Å². The highest BCUT2D eigenvalue weighted by atomic mass is 16.2. The summed E-state index contributed by atoms with van der Waals surface area (Å²) < 4.78 is 0. The van der Waals surface area contributed by atoms with Crippen molar-refractivity contribution in [3.63, 3.8) is 0 Å². The molecule has 1 amide bonds. The Hall–Kier alpha value is -1.91. The molecule has 0 spiro atoms. The average Bonchev–Trinajstić information content (AvgIpc) is 2.61. The Labute approximate surface area is 144 Å². The van der Waals surface area contributed by atoms with Gasteiger partial charge in [0.05, 0.1) is 12.6 Å². The predicted molar refractivity (Wildman–Crippen MR) is 99.1 cm³/mol. The number of benzene rings is 2. The minimum Gasteiger partial charge on any atom is -0.348 e. The first-order valence-electron chi connectivity index (χ1n) is 8.89. The summed E-state index contributed by atoms with van der Waals surface area (Å²) in [5, 5.41) is 5.59. The van der Waals surface area contributed by atoms with Crippen LogP contribution in [0.4, 0.5) is 0 Å². The van der Waals surface area contributed by atoms with Crippen molar-refractivity contribution < 1.29 is 4.79 Å². The number of amides is 1. The number of likely N-dealkylation sites (N-methyl/N-ethyl adjacent to an activating group) is 1. The third-order valence-corrected chi connectivity index (χ3v) is 4.95. The van der Waals surface area contributed by atoms with Crippen molar-refractivity contribution in [3.8, 4) is 0 Å². The van der Waals surface area contributed by atoms with Gasteiger partial charge in [-0.15, -0.1) is 0 Å². The van der Waals surface area contributed by atoms with Crippen LogP contribution in [0.15, 0.2) is 42.5 Å². The van der Waals surface area contributed by atoms with Gasteiger partial charge in [0.25, 0.3) is 0 Å². The summed E-state index contributed by atoms with van der Waals surface area (Å²) >= 11 is 0. The number of piperazine rings is 1. The summed E-state index contributed by atoms with van der Waals surface area (Å²) in [7, 11) is 0. The van der Waals surface area contributed by atoms with Gasteiger partial charge in [0.2, 0.25) is 5.91 Å². The minimum atomic E-state index is 0.0144. The van der Waals surface area contributed by atoms with E-state index in [0.29, 0.717) is 6.54 Å². The zero-order valence-corrected chi connectivity index (χ0v) is 14.7. The number of carbonyl (C=O) groups is 1. The molecule has 1 aliphatic heterocycles. The summed E-state index contributed by atoms with van der Waals surface area (Å²) in [4.78, 5) is 17.1. The van der Waals surface area contributed by atoms with Gasteiger partial charge in [-0.05, 0) is 29.8 Å². The molecular weight excluding hydrogens is 298 g/mol. The summed E-state index contributed by atoms with van der Waals surface area (Å²) in [5.74, 6) is 0.111. The SMILES string of the molecule is CCN1CCN(CC(=O)NC(C)c2cccc3ccccc23)CC1. The quantitative estimate of drug-likeness (QED) is 0.918.